The summed E-state index contributed by atoms with van der Waals surface area (Å²) in [6.45, 7) is 3.47. The molecule has 26 heavy (non-hydrogen) atoms. The summed E-state index contributed by atoms with van der Waals surface area (Å²) in [6.07, 6.45) is -0.0675. The largest absolute Gasteiger partial charge is 0.490 e. The second-order valence-electron chi connectivity index (χ2n) is 5.28. The van der Waals surface area contributed by atoms with Crippen molar-refractivity contribution in [3.05, 3.63) is 45.1 Å². The van der Waals surface area contributed by atoms with Gasteiger partial charge in [0.2, 0.25) is 5.91 Å². The summed E-state index contributed by atoms with van der Waals surface area (Å²) < 4.78 is 10.8. The number of rotatable bonds is 7. The Bertz CT molecular complexity index is 830. The topological polar surface area (TPSA) is 88.4 Å². The van der Waals surface area contributed by atoms with Gasteiger partial charge in [-0.3, -0.25) is 9.59 Å². The monoisotopic (exact) mass is 392 g/mol. The first-order valence-corrected chi connectivity index (χ1v) is 9.08. The number of esters is 1. The van der Waals surface area contributed by atoms with Gasteiger partial charge in [-0.1, -0.05) is 17.7 Å². The Morgan fingerprint density at radius 2 is 2.19 bits per heavy atom. The fourth-order valence-corrected chi connectivity index (χ4v) is 3.30. The third-order valence-electron chi connectivity index (χ3n) is 3.29. The molecule has 0 fully saturated rings. The maximum atomic E-state index is 12.4. The van der Waals surface area contributed by atoms with Gasteiger partial charge in [0.25, 0.3) is 0 Å². The van der Waals surface area contributed by atoms with E-state index in [2.05, 4.69) is 5.32 Å². The first-order chi connectivity index (χ1) is 12.4. The van der Waals surface area contributed by atoms with Crippen LogP contribution in [0.2, 0.25) is 5.02 Å². The van der Waals surface area contributed by atoms with Crippen LogP contribution in [0, 0.1) is 11.3 Å². The van der Waals surface area contributed by atoms with E-state index in [1.807, 2.05) is 23.6 Å². The van der Waals surface area contributed by atoms with E-state index in [0.29, 0.717) is 12.2 Å². The predicted octanol–water partition coefficient (Wildman–Crippen LogP) is 3.84. The Kier molecular flexibility index (Phi) is 7.01. The first-order valence-electron chi connectivity index (χ1n) is 7.82. The van der Waals surface area contributed by atoms with Gasteiger partial charge in [0.1, 0.15) is 0 Å². The molecule has 0 spiro atoms. The molecule has 1 unspecified atom stereocenters. The molecule has 1 N–H and O–H groups in total. The molecule has 0 aliphatic carbocycles. The third-order valence-corrected chi connectivity index (χ3v) is 4.56. The van der Waals surface area contributed by atoms with Crippen molar-refractivity contribution in [2.75, 3.05) is 6.61 Å². The lowest BCUT2D eigenvalue weighted by molar-refractivity contribution is -0.135. The minimum Gasteiger partial charge on any atom is -0.490 e. The van der Waals surface area contributed by atoms with Gasteiger partial charge in [0.15, 0.2) is 11.5 Å². The van der Waals surface area contributed by atoms with E-state index in [1.54, 1.807) is 6.92 Å². The number of amides is 1. The van der Waals surface area contributed by atoms with Gasteiger partial charge in [0.05, 0.1) is 35.7 Å². The van der Waals surface area contributed by atoms with Gasteiger partial charge in [0, 0.05) is 17.9 Å². The summed E-state index contributed by atoms with van der Waals surface area (Å²) >= 11 is 7.57. The lowest BCUT2D eigenvalue weighted by atomic mass is 10.1. The quantitative estimate of drug-likeness (QED) is 0.571. The van der Waals surface area contributed by atoms with Crippen LogP contribution in [0.1, 0.15) is 36.8 Å². The second kappa shape index (κ2) is 9.22. The minimum absolute atomic E-state index is 0.0604. The zero-order valence-electron chi connectivity index (χ0n) is 14.2. The van der Waals surface area contributed by atoms with Gasteiger partial charge in [-0.25, -0.2) is 0 Å². The normalized spacial score (nSPS) is 11.3. The van der Waals surface area contributed by atoms with Crippen LogP contribution in [0.25, 0.3) is 0 Å². The standard InChI is InChI=1S/C18H17ClN2O4S/c1-3-24-15-8-12(10-20)7-13(19)18(15)25-17(23)9-14(21-11(2)22)16-5-4-6-26-16/h4-8,14H,3,9H2,1-2H3,(H,21,22). The zero-order valence-corrected chi connectivity index (χ0v) is 15.8. The molecule has 6 nitrogen and oxygen atoms in total. The molecule has 0 radical (unpaired) electrons. The fourth-order valence-electron chi connectivity index (χ4n) is 2.27. The van der Waals surface area contributed by atoms with Gasteiger partial charge < -0.3 is 14.8 Å². The number of benzene rings is 1. The maximum Gasteiger partial charge on any atom is 0.313 e. The number of nitriles is 1. The molecular weight excluding hydrogens is 376 g/mol. The van der Waals surface area contributed by atoms with Crippen molar-refractivity contribution in [3.8, 4) is 17.6 Å². The number of ether oxygens (including phenoxy) is 2. The molecule has 2 rings (SSSR count). The molecular formula is C18H17ClN2O4S. The smallest absolute Gasteiger partial charge is 0.313 e. The van der Waals surface area contributed by atoms with Crippen LogP contribution in [0.4, 0.5) is 0 Å². The molecule has 0 saturated carbocycles. The third kappa shape index (κ3) is 5.22. The van der Waals surface area contributed by atoms with E-state index in [-0.39, 0.29) is 28.8 Å². The molecule has 2 aromatic rings. The van der Waals surface area contributed by atoms with Crippen LogP contribution in [0.5, 0.6) is 11.5 Å². The van der Waals surface area contributed by atoms with Crippen molar-refractivity contribution in [3.63, 3.8) is 0 Å². The summed E-state index contributed by atoms with van der Waals surface area (Å²) in [5.41, 5.74) is 0.299. The maximum absolute atomic E-state index is 12.4. The molecule has 136 valence electrons. The minimum atomic E-state index is -0.579. The summed E-state index contributed by atoms with van der Waals surface area (Å²) in [5, 5.41) is 13.7. The second-order valence-corrected chi connectivity index (χ2v) is 6.66. The number of carbonyl (C=O) groups is 2. The number of nitrogens with zero attached hydrogens (tertiary/aromatic N) is 1. The zero-order chi connectivity index (χ0) is 19.1. The average Bonchev–Trinajstić information content (AvgIpc) is 3.11. The molecule has 1 aromatic heterocycles. The van der Waals surface area contributed by atoms with Crippen molar-refractivity contribution < 1.29 is 19.1 Å². The highest BCUT2D eigenvalue weighted by Gasteiger charge is 2.22. The molecule has 1 aromatic carbocycles. The van der Waals surface area contributed by atoms with E-state index < -0.39 is 12.0 Å². The first kappa shape index (κ1) is 19.8. The summed E-state index contributed by atoms with van der Waals surface area (Å²) in [4.78, 5) is 24.7. The number of hydrogen-bond donors (Lipinski definition) is 1. The van der Waals surface area contributed by atoms with Gasteiger partial charge >= 0.3 is 5.97 Å². The highest BCUT2D eigenvalue weighted by Crippen LogP contribution is 2.37. The predicted molar refractivity (Wildman–Crippen MR) is 98.5 cm³/mol. The molecule has 0 aliphatic rings. The van der Waals surface area contributed by atoms with Crippen molar-refractivity contribution in [1.82, 2.24) is 5.32 Å². The van der Waals surface area contributed by atoms with Crippen molar-refractivity contribution >= 4 is 34.8 Å². The van der Waals surface area contributed by atoms with Crippen molar-refractivity contribution in [1.29, 1.82) is 5.26 Å². The van der Waals surface area contributed by atoms with E-state index in [9.17, 15) is 9.59 Å². The number of nitrogens with one attached hydrogen (secondary N) is 1. The number of halogens is 1. The lowest BCUT2D eigenvalue weighted by Gasteiger charge is -2.17. The molecule has 0 saturated heterocycles. The van der Waals surface area contributed by atoms with Crippen LogP contribution in [-0.4, -0.2) is 18.5 Å². The number of hydrogen-bond acceptors (Lipinski definition) is 6. The molecule has 1 amide bonds. The van der Waals surface area contributed by atoms with Crippen molar-refractivity contribution in [2.24, 2.45) is 0 Å². The Morgan fingerprint density at radius 1 is 1.42 bits per heavy atom. The highest BCUT2D eigenvalue weighted by molar-refractivity contribution is 7.10. The lowest BCUT2D eigenvalue weighted by Crippen LogP contribution is -2.28. The molecule has 1 heterocycles. The van der Waals surface area contributed by atoms with Crippen molar-refractivity contribution in [2.45, 2.75) is 26.3 Å². The fraction of sp³-hybridized carbons (Fsp3) is 0.278. The highest BCUT2D eigenvalue weighted by atomic mass is 35.5. The van der Waals surface area contributed by atoms with E-state index in [0.717, 1.165) is 4.88 Å². The summed E-state index contributed by atoms with van der Waals surface area (Å²) in [5.74, 6) is -0.547. The Labute approximate surface area is 160 Å². The molecule has 8 heteroatoms. The Hall–Kier alpha value is -2.56. The van der Waals surface area contributed by atoms with E-state index in [1.165, 1.54) is 30.4 Å². The summed E-state index contributed by atoms with van der Waals surface area (Å²) in [7, 11) is 0. The molecule has 0 aliphatic heterocycles. The Morgan fingerprint density at radius 3 is 2.77 bits per heavy atom. The van der Waals surface area contributed by atoms with Gasteiger partial charge in [-0.15, -0.1) is 11.3 Å². The van der Waals surface area contributed by atoms with Gasteiger partial charge in [-0.05, 0) is 24.4 Å². The van der Waals surface area contributed by atoms with Crippen LogP contribution in [-0.2, 0) is 9.59 Å². The van der Waals surface area contributed by atoms with Crippen LogP contribution < -0.4 is 14.8 Å². The van der Waals surface area contributed by atoms with E-state index >= 15 is 0 Å². The van der Waals surface area contributed by atoms with E-state index in [4.69, 9.17) is 26.3 Å². The number of thiophene rings is 1. The summed E-state index contributed by atoms with van der Waals surface area (Å²) in [6, 6.07) is 8.01. The average molecular weight is 393 g/mol. The SMILES string of the molecule is CCOc1cc(C#N)cc(Cl)c1OC(=O)CC(NC(C)=O)c1cccs1. The van der Waals surface area contributed by atoms with Crippen LogP contribution in [0.15, 0.2) is 29.6 Å². The van der Waals surface area contributed by atoms with Gasteiger partial charge in [-0.2, -0.15) is 5.26 Å². The molecule has 1 atom stereocenters. The van der Waals surface area contributed by atoms with Crippen LogP contribution in [0.3, 0.4) is 0 Å². The van der Waals surface area contributed by atoms with Crippen LogP contribution >= 0.6 is 22.9 Å². The Balaban J connectivity index is 2.20. The number of carbonyl (C=O) groups excluding carboxylic acids is 2. The molecule has 0 bridgehead atoms.